The number of rotatable bonds is 4. The van der Waals surface area contributed by atoms with E-state index in [0.717, 1.165) is 10.5 Å². The predicted molar refractivity (Wildman–Crippen MR) is 89.6 cm³/mol. The number of hydrogen-bond donors (Lipinski definition) is 2. The molecule has 3 N–H and O–H groups in total. The minimum absolute atomic E-state index is 0.0248. The van der Waals surface area contributed by atoms with Gasteiger partial charge in [-0.2, -0.15) is 0 Å². The molecule has 0 aromatic heterocycles. The Kier molecular flexibility index (Phi) is 4.70. The number of nitrogens with one attached hydrogen (secondary N) is 1. The Balaban J connectivity index is 2.46. The molecule has 0 aliphatic heterocycles. The maximum atomic E-state index is 12.5. The van der Waals surface area contributed by atoms with Crippen molar-refractivity contribution in [3.8, 4) is 0 Å². The van der Waals surface area contributed by atoms with E-state index >= 15 is 0 Å². The molecule has 0 aliphatic carbocycles. The van der Waals surface area contributed by atoms with Crippen LogP contribution in [0, 0.1) is 6.92 Å². The molecule has 0 heterocycles. The molecule has 112 valence electrons. The summed E-state index contributed by atoms with van der Waals surface area (Å²) < 4.78 is 27.5. The van der Waals surface area contributed by atoms with Crippen LogP contribution in [0.4, 0.5) is 11.4 Å². The lowest BCUT2D eigenvalue weighted by Gasteiger charge is -2.13. The quantitative estimate of drug-likeness (QED) is 0.655. The molecule has 0 radical (unpaired) electrons. The SMILES string of the molecule is CSc1ccccc1NS(=O)(=O)c1cc(N)c(C)cc1Cl. The topological polar surface area (TPSA) is 72.2 Å². The summed E-state index contributed by atoms with van der Waals surface area (Å²) in [4.78, 5) is 0.806. The van der Waals surface area contributed by atoms with Gasteiger partial charge in [0.15, 0.2) is 0 Å². The lowest BCUT2D eigenvalue weighted by atomic mass is 10.2. The van der Waals surface area contributed by atoms with Crippen LogP contribution in [0.15, 0.2) is 46.2 Å². The summed E-state index contributed by atoms with van der Waals surface area (Å²) in [6.07, 6.45) is 1.88. The molecule has 0 aliphatic rings. The van der Waals surface area contributed by atoms with Crippen LogP contribution in [-0.2, 0) is 10.0 Å². The molecule has 2 rings (SSSR count). The fourth-order valence-electron chi connectivity index (χ4n) is 1.80. The van der Waals surface area contributed by atoms with Gasteiger partial charge in [0, 0.05) is 10.6 Å². The standard InChI is InChI=1S/C14H15ClN2O2S2/c1-9-7-10(15)14(8-11(9)16)21(18,19)17-12-5-3-4-6-13(12)20-2/h3-8,17H,16H2,1-2H3. The van der Waals surface area contributed by atoms with Crippen molar-refractivity contribution in [3.63, 3.8) is 0 Å². The molecule has 4 nitrogen and oxygen atoms in total. The lowest BCUT2D eigenvalue weighted by Crippen LogP contribution is -2.14. The molecule has 0 amide bonds. The summed E-state index contributed by atoms with van der Waals surface area (Å²) in [5, 5.41) is 0.149. The second kappa shape index (κ2) is 6.17. The molecule has 0 saturated carbocycles. The van der Waals surface area contributed by atoms with Crippen molar-refractivity contribution in [2.75, 3.05) is 16.7 Å². The predicted octanol–water partition coefficient (Wildman–Crippen LogP) is 3.75. The molecule has 7 heteroatoms. The molecule has 0 spiro atoms. The Morgan fingerprint density at radius 1 is 1.24 bits per heavy atom. The Labute approximate surface area is 133 Å². The van der Waals surface area contributed by atoms with E-state index in [1.165, 1.54) is 17.8 Å². The molecular weight excluding hydrogens is 328 g/mol. The third-order valence-electron chi connectivity index (χ3n) is 2.96. The summed E-state index contributed by atoms with van der Waals surface area (Å²) in [6, 6.07) is 10.1. The highest BCUT2D eigenvalue weighted by Crippen LogP contribution is 2.31. The number of sulfonamides is 1. The Bertz CT molecular complexity index is 777. The van der Waals surface area contributed by atoms with Crippen molar-refractivity contribution in [1.82, 2.24) is 0 Å². The van der Waals surface area contributed by atoms with Gasteiger partial charge in [-0.1, -0.05) is 23.7 Å². The van der Waals surface area contributed by atoms with Crippen molar-refractivity contribution < 1.29 is 8.42 Å². The summed E-state index contributed by atoms with van der Waals surface area (Å²) in [5.74, 6) is 0. The van der Waals surface area contributed by atoms with E-state index in [9.17, 15) is 8.42 Å². The van der Waals surface area contributed by atoms with Gasteiger partial charge in [0.25, 0.3) is 10.0 Å². The highest BCUT2D eigenvalue weighted by atomic mass is 35.5. The molecular formula is C14H15ClN2O2S2. The summed E-state index contributed by atoms with van der Waals surface area (Å²) in [6.45, 7) is 1.77. The number of benzene rings is 2. The molecule has 0 saturated heterocycles. The minimum atomic E-state index is -3.79. The Hall–Kier alpha value is -1.37. The van der Waals surface area contributed by atoms with Crippen LogP contribution in [0.2, 0.25) is 5.02 Å². The van der Waals surface area contributed by atoms with Gasteiger partial charge >= 0.3 is 0 Å². The van der Waals surface area contributed by atoms with E-state index in [2.05, 4.69) is 4.72 Å². The Morgan fingerprint density at radius 3 is 2.57 bits per heavy atom. The number of anilines is 2. The van der Waals surface area contributed by atoms with E-state index in [0.29, 0.717) is 11.4 Å². The van der Waals surface area contributed by atoms with E-state index in [-0.39, 0.29) is 9.92 Å². The van der Waals surface area contributed by atoms with Crippen LogP contribution < -0.4 is 10.5 Å². The molecule has 21 heavy (non-hydrogen) atoms. The number of aryl methyl sites for hydroxylation is 1. The van der Waals surface area contributed by atoms with Crippen molar-refractivity contribution in [2.24, 2.45) is 0 Å². The van der Waals surface area contributed by atoms with Crippen molar-refractivity contribution in [2.45, 2.75) is 16.7 Å². The third-order valence-corrected chi connectivity index (χ3v) is 5.59. The van der Waals surface area contributed by atoms with Gasteiger partial charge in [-0.25, -0.2) is 8.42 Å². The number of halogens is 1. The van der Waals surface area contributed by atoms with E-state index < -0.39 is 10.0 Å². The average molecular weight is 343 g/mol. The van der Waals surface area contributed by atoms with Crippen LogP contribution in [-0.4, -0.2) is 14.7 Å². The zero-order valence-corrected chi connectivity index (χ0v) is 13.9. The fraction of sp³-hybridized carbons (Fsp3) is 0.143. The second-order valence-corrected chi connectivity index (χ2v) is 7.35. The van der Waals surface area contributed by atoms with Gasteiger partial charge < -0.3 is 5.73 Å². The number of thioether (sulfide) groups is 1. The summed E-state index contributed by atoms with van der Waals surface area (Å²) in [7, 11) is -3.79. The number of nitrogen functional groups attached to an aromatic ring is 1. The molecule has 0 fully saturated rings. The van der Waals surface area contributed by atoms with Crippen LogP contribution in [0.25, 0.3) is 0 Å². The monoisotopic (exact) mass is 342 g/mol. The van der Waals surface area contributed by atoms with Crippen molar-refractivity contribution in [1.29, 1.82) is 0 Å². The first kappa shape index (κ1) is 16.0. The summed E-state index contributed by atoms with van der Waals surface area (Å²) in [5.41, 5.74) is 7.42. The highest BCUT2D eigenvalue weighted by Gasteiger charge is 2.20. The van der Waals surface area contributed by atoms with Gasteiger partial charge in [-0.05, 0) is 43.0 Å². The minimum Gasteiger partial charge on any atom is -0.398 e. The second-order valence-electron chi connectivity index (χ2n) is 4.45. The number of hydrogen-bond acceptors (Lipinski definition) is 4. The van der Waals surface area contributed by atoms with Gasteiger partial charge in [0.2, 0.25) is 0 Å². The first-order valence-electron chi connectivity index (χ1n) is 6.06. The largest absolute Gasteiger partial charge is 0.398 e. The molecule has 0 unspecified atom stereocenters. The zero-order valence-electron chi connectivity index (χ0n) is 11.6. The van der Waals surface area contributed by atoms with Crippen LogP contribution >= 0.6 is 23.4 Å². The fourth-order valence-corrected chi connectivity index (χ4v) is 4.12. The van der Waals surface area contributed by atoms with Gasteiger partial charge in [-0.15, -0.1) is 11.8 Å². The molecule has 0 bridgehead atoms. The van der Waals surface area contributed by atoms with E-state index in [1.807, 2.05) is 18.4 Å². The number of nitrogens with two attached hydrogens (primary N) is 1. The highest BCUT2D eigenvalue weighted by molar-refractivity contribution is 7.99. The first-order chi connectivity index (χ1) is 9.85. The first-order valence-corrected chi connectivity index (χ1v) is 9.15. The third kappa shape index (κ3) is 3.45. The molecule has 2 aromatic carbocycles. The maximum absolute atomic E-state index is 12.5. The molecule has 2 aromatic rings. The molecule has 0 atom stereocenters. The van der Waals surface area contributed by atoms with Crippen LogP contribution in [0.5, 0.6) is 0 Å². The smallest absolute Gasteiger partial charge is 0.263 e. The van der Waals surface area contributed by atoms with Gasteiger partial charge in [-0.3, -0.25) is 4.72 Å². The van der Waals surface area contributed by atoms with Crippen molar-refractivity contribution in [3.05, 3.63) is 47.0 Å². The van der Waals surface area contributed by atoms with Crippen LogP contribution in [0.1, 0.15) is 5.56 Å². The summed E-state index contributed by atoms with van der Waals surface area (Å²) >= 11 is 7.50. The maximum Gasteiger partial charge on any atom is 0.263 e. The van der Waals surface area contributed by atoms with Crippen molar-refractivity contribution >= 4 is 44.8 Å². The average Bonchev–Trinajstić information content (AvgIpc) is 2.43. The van der Waals surface area contributed by atoms with E-state index in [1.54, 1.807) is 25.1 Å². The lowest BCUT2D eigenvalue weighted by molar-refractivity contribution is 0.601. The van der Waals surface area contributed by atoms with Gasteiger partial charge in [0.1, 0.15) is 4.90 Å². The van der Waals surface area contributed by atoms with Gasteiger partial charge in [0.05, 0.1) is 10.7 Å². The van der Waals surface area contributed by atoms with Crippen LogP contribution in [0.3, 0.4) is 0 Å². The van der Waals surface area contributed by atoms with E-state index in [4.69, 9.17) is 17.3 Å². The Morgan fingerprint density at radius 2 is 1.90 bits per heavy atom. The number of para-hydroxylation sites is 1. The normalized spacial score (nSPS) is 11.4. The zero-order chi connectivity index (χ0) is 15.6.